The van der Waals surface area contributed by atoms with E-state index in [4.69, 9.17) is 5.10 Å². The molecule has 5 heteroatoms. The second kappa shape index (κ2) is 7.12. The van der Waals surface area contributed by atoms with Crippen LogP contribution in [0.25, 0.3) is 28.2 Å². The third-order valence-electron chi connectivity index (χ3n) is 4.71. The van der Waals surface area contributed by atoms with Gasteiger partial charge in [0.1, 0.15) is 17.2 Å². The highest BCUT2D eigenvalue weighted by molar-refractivity contribution is 5.76. The van der Waals surface area contributed by atoms with Gasteiger partial charge in [-0.05, 0) is 79.2 Å². The van der Waals surface area contributed by atoms with E-state index >= 15 is 0 Å². The summed E-state index contributed by atoms with van der Waals surface area (Å²) in [5, 5.41) is 33.8. The fraction of sp³-hybridized carbons (Fsp3) is 0.0870. The van der Waals surface area contributed by atoms with Crippen molar-refractivity contribution in [1.82, 2.24) is 9.78 Å². The van der Waals surface area contributed by atoms with E-state index in [0.29, 0.717) is 0 Å². The molecule has 0 unspecified atom stereocenters. The predicted octanol–water partition coefficient (Wildman–Crippen LogP) is 4.89. The second-order valence-electron chi connectivity index (χ2n) is 6.55. The van der Waals surface area contributed by atoms with Crippen molar-refractivity contribution in [1.29, 1.82) is 0 Å². The standard InChI is InChI=1S/C23H20N2O3/c1-2-21-22(15-3-9-18(26)10-4-15)24-25(17-7-13-20(28)14-8-17)23(21)16-5-11-19(27)12-6-16/h3-14,26-28H,2H2,1H3. The van der Waals surface area contributed by atoms with E-state index in [1.807, 2.05) is 41.1 Å². The molecular formula is C23H20N2O3. The number of rotatable bonds is 4. The molecule has 0 fully saturated rings. The summed E-state index contributed by atoms with van der Waals surface area (Å²) in [6.45, 7) is 2.08. The summed E-state index contributed by atoms with van der Waals surface area (Å²) in [4.78, 5) is 0. The Bertz CT molecular complexity index is 1100. The van der Waals surface area contributed by atoms with Gasteiger partial charge in [0.25, 0.3) is 0 Å². The molecule has 4 aromatic rings. The first-order valence-electron chi connectivity index (χ1n) is 9.07. The van der Waals surface area contributed by atoms with Gasteiger partial charge in [0.15, 0.2) is 0 Å². The van der Waals surface area contributed by atoms with Crippen molar-refractivity contribution in [3.05, 3.63) is 78.4 Å². The highest BCUT2D eigenvalue weighted by atomic mass is 16.3. The molecule has 28 heavy (non-hydrogen) atoms. The summed E-state index contributed by atoms with van der Waals surface area (Å²) in [5.74, 6) is 0.603. The monoisotopic (exact) mass is 372 g/mol. The zero-order chi connectivity index (χ0) is 19.7. The topological polar surface area (TPSA) is 78.5 Å². The van der Waals surface area contributed by atoms with Crippen molar-refractivity contribution in [2.24, 2.45) is 0 Å². The summed E-state index contributed by atoms with van der Waals surface area (Å²) in [7, 11) is 0. The van der Waals surface area contributed by atoms with E-state index in [2.05, 4.69) is 6.92 Å². The van der Waals surface area contributed by atoms with Crippen molar-refractivity contribution in [2.75, 3.05) is 0 Å². The SMILES string of the molecule is CCc1c(-c2ccc(O)cc2)nn(-c2ccc(O)cc2)c1-c1ccc(O)cc1. The molecule has 0 saturated heterocycles. The zero-order valence-electron chi connectivity index (χ0n) is 15.4. The maximum atomic E-state index is 9.68. The largest absolute Gasteiger partial charge is 0.508 e. The van der Waals surface area contributed by atoms with Crippen LogP contribution in [0.5, 0.6) is 17.2 Å². The number of benzene rings is 3. The average molecular weight is 372 g/mol. The molecule has 1 heterocycles. The molecule has 0 amide bonds. The Kier molecular flexibility index (Phi) is 4.49. The van der Waals surface area contributed by atoms with Crippen molar-refractivity contribution < 1.29 is 15.3 Å². The van der Waals surface area contributed by atoms with E-state index in [1.54, 1.807) is 36.4 Å². The summed E-state index contributed by atoms with van der Waals surface area (Å²) < 4.78 is 1.85. The molecule has 0 saturated carbocycles. The molecule has 0 atom stereocenters. The molecule has 0 aliphatic rings. The van der Waals surface area contributed by atoms with Crippen LogP contribution in [0.15, 0.2) is 72.8 Å². The highest BCUT2D eigenvalue weighted by Crippen LogP contribution is 2.36. The lowest BCUT2D eigenvalue weighted by Crippen LogP contribution is -1.99. The summed E-state index contributed by atoms with van der Waals surface area (Å²) in [6.07, 6.45) is 0.754. The molecule has 3 N–H and O–H groups in total. The average Bonchev–Trinajstić information content (AvgIpc) is 3.09. The lowest BCUT2D eigenvalue weighted by Gasteiger charge is -2.10. The Labute approximate surface area is 162 Å². The minimum Gasteiger partial charge on any atom is -0.508 e. The van der Waals surface area contributed by atoms with Gasteiger partial charge in [-0.1, -0.05) is 6.92 Å². The van der Waals surface area contributed by atoms with Gasteiger partial charge in [-0.15, -0.1) is 0 Å². The Hall–Kier alpha value is -3.73. The Morgan fingerprint density at radius 2 is 1.14 bits per heavy atom. The fourth-order valence-electron chi connectivity index (χ4n) is 3.33. The molecule has 4 rings (SSSR count). The summed E-state index contributed by atoms with van der Waals surface area (Å²) in [5.41, 5.74) is 5.48. The molecule has 0 spiro atoms. The third kappa shape index (κ3) is 3.18. The van der Waals surface area contributed by atoms with Crippen LogP contribution < -0.4 is 0 Å². The second-order valence-corrected chi connectivity index (χ2v) is 6.55. The Balaban J connectivity index is 1.99. The van der Waals surface area contributed by atoms with Crippen molar-refractivity contribution in [3.8, 4) is 45.5 Å². The number of phenolic OH excluding ortho intramolecular Hbond substituents is 3. The van der Waals surface area contributed by atoms with Crippen LogP contribution >= 0.6 is 0 Å². The number of nitrogens with zero attached hydrogens (tertiary/aromatic N) is 2. The van der Waals surface area contributed by atoms with E-state index in [9.17, 15) is 15.3 Å². The van der Waals surface area contributed by atoms with Crippen LogP contribution in [-0.4, -0.2) is 25.1 Å². The van der Waals surface area contributed by atoms with Gasteiger partial charge in [0.2, 0.25) is 0 Å². The van der Waals surface area contributed by atoms with Crippen LogP contribution in [-0.2, 0) is 6.42 Å². The maximum absolute atomic E-state index is 9.68. The zero-order valence-corrected chi connectivity index (χ0v) is 15.4. The van der Waals surface area contributed by atoms with Gasteiger partial charge in [-0.3, -0.25) is 0 Å². The van der Waals surface area contributed by atoms with E-state index in [1.165, 1.54) is 0 Å². The lowest BCUT2D eigenvalue weighted by molar-refractivity contribution is 0.474. The minimum atomic E-state index is 0.191. The Morgan fingerprint density at radius 3 is 1.64 bits per heavy atom. The quantitative estimate of drug-likeness (QED) is 0.477. The van der Waals surface area contributed by atoms with Gasteiger partial charge < -0.3 is 15.3 Å². The van der Waals surface area contributed by atoms with Crippen LogP contribution in [0.1, 0.15) is 12.5 Å². The van der Waals surface area contributed by atoms with Gasteiger partial charge in [-0.25, -0.2) is 4.68 Å². The van der Waals surface area contributed by atoms with E-state index in [0.717, 1.165) is 40.2 Å². The number of hydrogen-bond acceptors (Lipinski definition) is 4. The molecule has 1 aromatic heterocycles. The number of phenols is 3. The van der Waals surface area contributed by atoms with Gasteiger partial charge in [0, 0.05) is 16.7 Å². The van der Waals surface area contributed by atoms with Crippen molar-refractivity contribution in [3.63, 3.8) is 0 Å². The molecule has 5 nitrogen and oxygen atoms in total. The van der Waals surface area contributed by atoms with E-state index < -0.39 is 0 Å². The summed E-state index contributed by atoms with van der Waals surface area (Å²) in [6, 6.07) is 20.9. The van der Waals surface area contributed by atoms with Gasteiger partial charge in [-0.2, -0.15) is 5.10 Å². The first-order chi connectivity index (χ1) is 13.6. The molecule has 0 aliphatic heterocycles. The molecular weight excluding hydrogens is 352 g/mol. The fourth-order valence-corrected chi connectivity index (χ4v) is 3.33. The maximum Gasteiger partial charge on any atom is 0.115 e. The first-order valence-corrected chi connectivity index (χ1v) is 9.07. The minimum absolute atomic E-state index is 0.191. The smallest absolute Gasteiger partial charge is 0.115 e. The third-order valence-corrected chi connectivity index (χ3v) is 4.71. The van der Waals surface area contributed by atoms with Gasteiger partial charge in [0.05, 0.1) is 17.1 Å². The van der Waals surface area contributed by atoms with Crippen LogP contribution in [0.4, 0.5) is 0 Å². The molecule has 0 radical (unpaired) electrons. The van der Waals surface area contributed by atoms with Crippen molar-refractivity contribution >= 4 is 0 Å². The van der Waals surface area contributed by atoms with Crippen LogP contribution in [0.3, 0.4) is 0 Å². The number of hydrogen-bond donors (Lipinski definition) is 3. The molecule has 3 aromatic carbocycles. The molecule has 0 aliphatic carbocycles. The Morgan fingerprint density at radius 1 is 0.679 bits per heavy atom. The highest BCUT2D eigenvalue weighted by Gasteiger charge is 2.20. The lowest BCUT2D eigenvalue weighted by atomic mass is 9.99. The number of aromatic nitrogens is 2. The first kappa shape index (κ1) is 17.7. The molecule has 0 bridgehead atoms. The van der Waals surface area contributed by atoms with Crippen LogP contribution in [0, 0.1) is 0 Å². The van der Waals surface area contributed by atoms with Gasteiger partial charge >= 0.3 is 0 Å². The van der Waals surface area contributed by atoms with Crippen molar-refractivity contribution in [2.45, 2.75) is 13.3 Å². The molecule has 140 valence electrons. The predicted molar refractivity (Wildman–Crippen MR) is 109 cm³/mol. The number of aromatic hydroxyl groups is 3. The normalized spacial score (nSPS) is 10.9. The van der Waals surface area contributed by atoms with Crippen LogP contribution in [0.2, 0.25) is 0 Å². The van der Waals surface area contributed by atoms with E-state index in [-0.39, 0.29) is 17.2 Å². The summed E-state index contributed by atoms with van der Waals surface area (Å²) >= 11 is 0.